The maximum atomic E-state index is 4.37. The van der Waals surface area contributed by atoms with Crippen LogP contribution in [0.25, 0.3) is 0 Å². The first-order valence-electron chi connectivity index (χ1n) is 6.29. The Kier molecular flexibility index (Phi) is 6.09. The van der Waals surface area contributed by atoms with Gasteiger partial charge in [-0.1, -0.05) is 13.8 Å². The van der Waals surface area contributed by atoms with Gasteiger partial charge in [-0.15, -0.1) is 11.3 Å². The fraction of sp³-hybridized carbons (Fsp3) is 0.769. The van der Waals surface area contributed by atoms with Crippen LogP contribution in [0.1, 0.15) is 38.2 Å². The van der Waals surface area contributed by atoms with Crippen molar-refractivity contribution in [1.29, 1.82) is 0 Å². The van der Waals surface area contributed by atoms with E-state index in [0.717, 1.165) is 12.5 Å². The first-order chi connectivity index (χ1) is 7.99. The van der Waals surface area contributed by atoms with E-state index in [1.54, 1.807) is 11.3 Å². The molecule has 0 aliphatic heterocycles. The molecule has 0 aromatic carbocycles. The van der Waals surface area contributed by atoms with Gasteiger partial charge in [-0.2, -0.15) is 0 Å². The predicted molar refractivity (Wildman–Crippen MR) is 75.5 cm³/mol. The standard InChI is InChI=1S/C13H25N3S/c1-10(2)8-12(9-16(4)5)15-11(3)13-14-6-7-17-13/h6-7,10-12,15H,8-9H2,1-5H3. The summed E-state index contributed by atoms with van der Waals surface area (Å²) in [6.45, 7) is 7.83. The summed E-state index contributed by atoms with van der Waals surface area (Å²) in [6.07, 6.45) is 3.08. The molecule has 3 nitrogen and oxygen atoms in total. The molecule has 0 bridgehead atoms. The molecule has 4 heteroatoms. The second-order valence-corrected chi connectivity index (χ2v) is 6.27. The van der Waals surface area contributed by atoms with Gasteiger partial charge in [-0.3, -0.25) is 0 Å². The maximum Gasteiger partial charge on any atom is 0.109 e. The molecule has 0 radical (unpaired) electrons. The van der Waals surface area contributed by atoms with Crippen molar-refractivity contribution in [2.24, 2.45) is 5.92 Å². The molecule has 1 heterocycles. The van der Waals surface area contributed by atoms with E-state index < -0.39 is 0 Å². The average molecular weight is 255 g/mol. The van der Waals surface area contributed by atoms with Crippen molar-refractivity contribution in [2.45, 2.75) is 39.3 Å². The van der Waals surface area contributed by atoms with Gasteiger partial charge in [0.1, 0.15) is 5.01 Å². The minimum absolute atomic E-state index is 0.346. The largest absolute Gasteiger partial charge is 0.308 e. The van der Waals surface area contributed by atoms with Crippen LogP contribution in [0.4, 0.5) is 0 Å². The van der Waals surface area contributed by atoms with Crippen LogP contribution in [-0.2, 0) is 0 Å². The number of rotatable bonds is 7. The summed E-state index contributed by atoms with van der Waals surface area (Å²) in [6, 6.07) is 0.877. The van der Waals surface area contributed by atoms with Crippen LogP contribution in [0.2, 0.25) is 0 Å². The topological polar surface area (TPSA) is 28.2 Å². The van der Waals surface area contributed by atoms with E-state index in [1.807, 2.05) is 11.6 Å². The molecule has 0 aliphatic rings. The van der Waals surface area contributed by atoms with E-state index in [9.17, 15) is 0 Å². The highest BCUT2D eigenvalue weighted by molar-refractivity contribution is 7.09. The number of nitrogens with one attached hydrogen (secondary N) is 1. The molecule has 0 saturated carbocycles. The maximum absolute atomic E-state index is 4.37. The number of thiazole rings is 1. The molecule has 17 heavy (non-hydrogen) atoms. The Morgan fingerprint density at radius 3 is 2.53 bits per heavy atom. The summed E-state index contributed by atoms with van der Waals surface area (Å²) < 4.78 is 0. The summed E-state index contributed by atoms with van der Waals surface area (Å²) >= 11 is 1.72. The fourth-order valence-electron chi connectivity index (χ4n) is 2.08. The van der Waals surface area contributed by atoms with Crippen molar-refractivity contribution in [3.8, 4) is 0 Å². The summed E-state index contributed by atoms with van der Waals surface area (Å²) in [5.74, 6) is 0.718. The Morgan fingerprint density at radius 2 is 2.06 bits per heavy atom. The SMILES string of the molecule is CC(C)CC(CN(C)C)NC(C)c1nccs1. The number of likely N-dealkylation sites (N-methyl/N-ethyl adjacent to an activating group) is 1. The van der Waals surface area contributed by atoms with Crippen molar-refractivity contribution in [2.75, 3.05) is 20.6 Å². The Balaban J connectivity index is 2.52. The summed E-state index contributed by atoms with van der Waals surface area (Å²) in [7, 11) is 4.26. The molecule has 0 amide bonds. The van der Waals surface area contributed by atoms with Gasteiger partial charge in [0.25, 0.3) is 0 Å². The second kappa shape index (κ2) is 7.09. The molecule has 2 unspecified atom stereocenters. The second-order valence-electron chi connectivity index (χ2n) is 5.35. The molecule has 1 aromatic heterocycles. The van der Waals surface area contributed by atoms with Crippen molar-refractivity contribution in [1.82, 2.24) is 15.2 Å². The van der Waals surface area contributed by atoms with Crippen molar-refractivity contribution >= 4 is 11.3 Å². The molecule has 0 saturated heterocycles. The third kappa shape index (κ3) is 5.61. The zero-order valence-corrected chi connectivity index (χ0v) is 12.4. The Hall–Kier alpha value is -0.450. The first-order valence-corrected chi connectivity index (χ1v) is 7.17. The zero-order valence-electron chi connectivity index (χ0n) is 11.6. The molecule has 0 aliphatic carbocycles. The van der Waals surface area contributed by atoms with Crippen LogP contribution in [0.3, 0.4) is 0 Å². The van der Waals surface area contributed by atoms with Crippen molar-refractivity contribution in [3.63, 3.8) is 0 Å². The molecule has 1 N–H and O–H groups in total. The minimum atomic E-state index is 0.346. The van der Waals surface area contributed by atoms with Crippen LogP contribution in [0.5, 0.6) is 0 Å². The predicted octanol–water partition coefficient (Wildman–Crippen LogP) is 2.77. The van der Waals surface area contributed by atoms with E-state index in [1.165, 1.54) is 11.4 Å². The smallest absolute Gasteiger partial charge is 0.109 e. The van der Waals surface area contributed by atoms with Gasteiger partial charge in [0.15, 0.2) is 0 Å². The summed E-state index contributed by atoms with van der Waals surface area (Å²) in [5.41, 5.74) is 0. The quantitative estimate of drug-likeness (QED) is 0.812. The minimum Gasteiger partial charge on any atom is -0.308 e. The lowest BCUT2D eigenvalue weighted by Gasteiger charge is -2.26. The first kappa shape index (κ1) is 14.6. The molecular weight excluding hydrogens is 230 g/mol. The van der Waals surface area contributed by atoms with Crippen molar-refractivity contribution < 1.29 is 0 Å². The number of hydrogen-bond donors (Lipinski definition) is 1. The van der Waals surface area contributed by atoms with E-state index in [0.29, 0.717) is 12.1 Å². The third-order valence-electron chi connectivity index (χ3n) is 2.65. The van der Waals surface area contributed by atoms with E-state index in [-0.39, 0.29) is 0 Å². The molecular formula is C13H25N3S. The van der Waals surface area contributed by atoms with Gasteiger partial charge in [0.05, 0.1) is 6.04 Å². The van der Waals surface area contributed by atoms with Gasteiger partial charge in [-0.05, 0) is 33.4 Å². The van der Waals surface area contributed by atoms with Gasteiger partial charge >= 0.3 is 0 Å². The molecule has 0 spiro atoms. The Bertz CT molecular complexity index is 286. The fourth-order valence-corrected chi connectivity index (χ4v) is 2.73. The highest BCUT2D eigenvalue weighted by Gasteiger charge is 2.16. The normalized spacial score (nSPS) is 15.5. The summed E-state index contributed by atoms with van der Waals surface area (Å²) in [4.78, 5) is 6.61. The highest BCUT2D eigenvalue weighted by Crippen LogP contribution is 2.17. The average Bonchev–Trinajstić information content (AvgIpc) is 2.67. The van der Waals surface area contributed by atoms with Gasteiger partial charge < -0.3 is 10.2 Å². The van der Waals surface area contributed by atoms with Crippen molar-refractivity contribution in [3.05, 3.63) is 16.6 Å². The van der Waals surface area contributed by atoms with E-state index >= 15 is 0 Å². The highest BCUT2D eigenvalue weighted by atomic mass is 32.1. The van der Waals surface area contributed by atoms with Crippen LogP contribution in [0.15, 0.2) is 11.6 Å². The van der Waals surface area contributed by atoms with Crippen LogP contribution < -0.4 is 5.32 Å². The molecule has 0 fully saturated rings. The zero-order chi connectivity index (χ0) is 12.8. The van der Waals surface area contributed by atoms with E-state index in [4.69, 9.17) is 0 Å². The Labute approximate surface area is 109 Å². The monoisotopic (exact) mass is 255 g/mol. The van der Waals surface area contributed by atoms with Crippen LogP contribution >= 0.6 is 11.3 Å². The van der Waals surface area contributed by atoms with Gasteiger partial charge in [0, 0.05) is 24.2 Å². The molecule has 1 aromatic rings. The lowest BCUT2D eigenvalue weighted by molar-refractivity contribution is 0.290. The molecule has 1 rings (SSSR count). The number of nitrogens with zero attached hydrogens (tertiary/aromatic N) is 2. The molecule has 2 atom stereocenters. The molecule has 98 valence electrons. The van der Waals surface area contributed by atoms with Crippen LogP contribution in [-0.4, -0.2) is 36.6 Å². The number of hydrogen-bond acceptors (Lipinski definition) is 4. The third-order valence-corrected chi connectivity index (χ3v) is 3.61. The summed E-state index contributed by atoms with van der Waals surface area (Å²) in [5, 5.41) is 6.91. The lowest BCUT2D eigenvalue weighted by Crippen LogP contribution is -2.40. The van der Waals surface area contributed by atoms with Gasteiger partial charge in [0.2, 0.25) is 0 Å². The Morgan fingerprint density at radius 1 is 1.35 bits per heavy atom. The lowest BCUT2D eigenvalue weighted by atomic mass is 10.0. The van der Waals surface area contributed by atoms with Gasteiger partial charge in [-0.25, -0.2) is 4.98 Å². The van der Waals surface area contributed by atoms with Crippen LogP contribution in [0, 0.1) is 5.92 Å². The van der Waals surface area contributed by atoms with E-state index in [2.05, 4.69) is 50.1 Å². The number of aromatic nitrogens is 1.